The first-order chi connectivity index (χ1) is 9.61. The van der Waals surface area contributed by atoms with Gasteiger partial charge in [-0.25, -0.2) is 14.8 Å². The van der Waals surface area contributed by atoms with E-state index >= 15 is 0 Å². The molecule has 5 heteroatoms. The number of ether oxygens (including phenoxy) is 1. The molecule has 1 heterocycles. The topological polar surface area (TPSA) is 72.3 Å². The lowest BCUT2D eigenvalue weighted by atomic mass is 10.00. The van der Waals surface area contributed by atoms with Gasteiger partial charge in [-0.2, -0.15) is 0 Å². The lowest BCUT2D eigenvalue weighted by Crippen LogP contribution is -1.93. The van der Waals surface area contributed by atoms with E-state index in [2.05, 4.69) is 9.97 Å². The van der Waals surface area contributed by atoms with Crippen LogP contribution in [0.15, 0.2) is 43.0 Å². The highest BCUT2D eigenvalue weighted by Crippen LogP contribution is 2.31. The van der Waals surface area contributed by atoms with Crippen molar-refractivity contribution in [3.05, 3.63) is 48.6 Å². The average Bonchev–Trinajstić information content (AvgIpc) is 2.46. The fraction of sp³-hybridized carbons (Fsp3) is 0.133. The van der Waals surface area contributed by atoms with E-state index in [1.165, 1.54) is 12.4 Å². The molecule has 0 atom stereocenters. The summed E-state index contributed by atoms with van der Waals surface area (Å²) in [6.45, 7) is 1.75. The van der Waals surface area contributed by atoms with Gasteiger partial charge in [-0.3, -0.25) is 0 Å². The molecule has 0 amide bonds. The molecule has 1 aromatic heterocycles. The summed E-state index contributed by atoms with van der Waals surface area (Å²) in [5, 5.41) is 8.81. The highest BCUT2D eigenvalue weighted by atomic mass is 16.5. The van der Waals surface area contributed by atoms with Gasteiger partial charge in [0.1, 0.15) is 12.1 Å². The highest BCUT2D eigenvalue weighted by Gasteiger charge is 2.09. The lowest BCUT2D eigenvalue weighted by Gasteiger charge is -2.10. The molecule has 1 N–H and O–H groups in total. The van der Waals surface area contributed by atoms with Gasteiger partial charge in [-0.05, 0) is 30.2 Å². The fourth-order valence-corrected chi connectivity index (χ4v) is 1.89. The number of hydrogen-bond acceptors (Lipinski definition) is 4. The molecule has 2 aromatic rings. The van der Waals surface area contributed by atoms with Gasteiger partial charge in [0, 0.05) is 29.6 Å². The number of aliphatic carboxylic acids is 1. The van der Waals surface area contributed by atoms with Gasteiger partial charge in [0.05, 0.1) is 7.11 Å². The second kappa shape index (κ2) is 5.97. The third-order valence-corrected chi connectivity index (χ3v) is 2.87. The van der Waals surface area contributed by atoms with Crippen molar-refractivity contribution in [1.29, 1.82) is 0 Å². The van der Waals surface area contributed by atoms with Crippen LogP contribution >= 0.6 is 0 Å². The molecule has 0 radical (unpaired) electrons. The van der Waals surface area contributed by atoms with E-state index in [1.807, 2.05) is 12.1 Å². The molecule has 0 spiro atoms. The van der Waals surface area contributed by atoms with E-state index in [9.17, 15) is 4.79 Å². The van der Waals surface area contributed by atoms with E-state index in [0.29, 0.717) is 11.3 Å². The Hall–Kier alpha value is -2.69. The predicted octanol–water partition coefficient (Wildman–Crippen LogP) is 2.64. The quantitative estimate of drug-likeness (QED) is 0.865. The van der Waals surface area contributed by atoms with Crippen LogP contribution in [0.25, 0.3) is 16.7 Å². The Morgan fingerprint density at radius 1 is 1.30 bits per heavy atom. The van der Waals surface area contributed by atoms with E-state index in [0.717, 1.165) is 16.7 Å². The van der Waals surface area contributed by atoms with Crippen molar-refractivity contribution < 1.29 is 14.6 Å². The van der Waals surface area contributed by atoms with Crippen molar-refractivity contribution in [2.24, 2.45) is 0 Å². The van der Waals surface area contributed by atoms with Crippen LogP contribution in [0.1, 0.15) is 12.5 Å². The van der Waals surface area contributed by atoms with Crippen LogP contribution in [-0.4, -0.2) is 28.2 Å². The minimum Gasteiger partial charge on any atom is -0.496 e. The molecule has 0 saturated heterocycles. The zero-order valence-electron chi connectivity index (χ0n) is 11.2. The lowest BCUT2D eigenvalue weighted by molar-refractivity contribution is -0.131. The molecule has 1 aromatic carbocycles. The first-order valence-corrected chi connectivity index (χ1v) is 5.97. The van der Waals surface area contributed by atoms with E-state index in [1.54, 1.807) is 32.5 Å². The van der Waals surface area contributed by atoms with E-state index in [4.69, 9.17) is 9.84 Å². The summed E-state index contributed by atoms with van der Waals surface area (Å²) in [5.74, 6) is -0.283. The summed E-state index contributed by atoms with van der Waals surface area (Å²) < 4.78 is 5.32. The van der Waals surface area contributed by atoms with Crippen LogP contribution in [0.3, 0.4) is 0 Å². The Bertz CT molecular complexity index is 651. The number of aromatic nitrogens is 2. The van der Waals surface area contributed by atoms with Gasteiger partial charge >= 0.3 is 5.97 Å². The number of hydrogen-bond donors (Lipinski definition) is 1. The maximum absolute atomic E-state index is 10.7. The number of carbonyl (C=O) groups is 1. The average molecular weight is 270 g/mol. The Morgan fingerprint density at radius 3 is 2.60 bits per heavy atom. The first kappa shape index (κ1) is 13.7. The van der Waals surface area contributed by atoms with Gasteiger partial charge in [0.15, 0.2) is 0 Å². The molecule has 20 heavy (non-hydrogen) atoms. The largest absolute Gasteiger partial charge is 0.496 e. The molecular formula is C15H14N2O3. The van der Waals surface area contributed by atoms with Crippen LogP contribution < -0.4 is 4.74 Å². The van der Waals surface area contributed by atoms with E-state index < -0.39 is 5.97 Å². The molecule has 0 aliphatic heterocycles. The number of benzene rings is 1. The molecule has 0 saturated carbocycles. The van der Waals surface area contributed by atoms with Crippen molar-refractivity contribution in [3.63, 3.8) is 0 Å². The van der Waals surface area contributed by atoms with Gasteiger partial charge in [0.2, 0.25) is 0 Å². The number of carboxylic acids is 1. The summed E-state index contributed by atoms with van der Waals surface area (Å²) in [6, 6.07) is 5.49. The summed E-state index contributed by atoms with van der Waals surface area (Å²) in [6.07, 6.45) is 6.00. The maximum Gasteiger partial charge on any atom is 0.328 e. The van der Waals surface area contributed by atoms with Crippen LogP contribution in [0.4, 0.5) is 0 Å². The van der Waals surface area contributed by atoms with Gasteiger partial charge in [-0.1, -0.05) is 6.07 Å². The van der Waals surface area contributed by atoms with Crippen molar-refractivity contribution in [3.8, 4) is 16.9 Å². The third-order valence-electron chi connectivity index (χ3n) is 2.87. The normalized spacial score (nSPS) is 11.2. The SMILES string of the molecule is COc1ccc(/C(C)=C/C(=O)O)cc1-c1cncnc1. The molecule has 0 aliphatic rings. The molecule has 102 valence electrons. The second-order valence-electron chi connectivity index (χ2n) is 4.21. The van der Waals surface area contributed by atoms with Crippen molar-refractivity contribution >= 4 is 11.5 Å². The summed E-state index contributed by atoms with van der Waals surface area (Å²) in [5.41, 5.74) is 3.11. The van der Waals surface area contributed by atoms with Crippen molar-refractivity contribution in [1.82, 2.24) is 9.97 Å². The smallest absolute Gasteiger partial charge is 0.328 e. The van der Waals surface area contributed by atoms with Gasteiger partial charge in [-0.15, -0.1) is 0 Å². The van der Waals surface area contributed by atoms with Crippen molar-refractivity contribution in [2.45, 2.75) is 6.92 Å². The zero-order chi connectivity index (χ0) is 14.5. The third kappa shape index (κ3) is 3.00. The standard InChI is InChI=1S/C15H14N2O3/c1-10(5-15(18)19)11-3-4-14(20-2)13(6-11)12-7-16-9-17-8-12/h3-9H,1-2H3,(H,18,19)/b10-5+. The Morgan fingerprint density at radius 2 is 2.00 bits per heavy atom. The minimum absolute atomic E-state index is 0.665. The maximum atomic E-state index is 10.7. The second-order valence-corrected chi connectivity index (χ2v) is 4.21. The molecule has 5 nitrogen and oxygen atoms in total. The summed E-state index contributed by atoms with van der Waals surface area (Å²) in [4.78, 5) is 18.7. The zero-order valence-corrected chi connectivity index (χ0v) is 11.2. The monoisotopic (exact) mass is 270 g/mol. The molecule has 0 bridgehead atoms. The Balaban J connectivity index is 2.53. The highest BCUT2D eigenvalue weighted by molar-refractivity contribution is 5.90. The molecule has 0 fully saturated rings. The van der Waals surface area contributed by atoms with Crippen molar-refractivity contribution in [2.75, 3.05) is 7.11 Å². The molecule has 0 aliphatic carbocycles. The Labute approximate surface area is 116 Å². The van der Waals surface area contributed by atoms with Crippen LogP contribution in [-0.2, 0) is 4.79 Å². The molecule has 0 unspecified atom stereocenters. The number of carboxylic acid groups (broad SMARTS) is 1. The number of allylic oxidation sites excluding steroid dienone is 1. The first-order valence-electron chi connectivity index (χ1n) is 5.97. The van der Waals surface area contributed by atoms with Gasteiger partial charge < -0.3 is 9.84 Å². The summed E-state index contributed by atoms with van der Waals surface area (Å²) in [7, 11) is 1.59. The predicted molar refractivity (Wildman–Crippen MR) is 75.3 cm³/mol. The van der Waals surface area contributed by atoms with Crippen LogP contribution in [0.2, 0.25) is 0 Å². The molecule has 2 rings (SSSR count). The minimum atomic E-state index is -0.970. The number of methoxy groups -OCH3 is 1. The number of rotatable bonds is 4. The van der Waals surface area contributed by atoms with Crippen LogP contribution in [0, 0.1) is 0 Å². The summed E-state index contributed by atoms with van der Waals surface area (Å²) >= 11 is 0. The Kier molecular flexibility index (Phi) is 4.10. The van der Waals surface area contributed by atoms with Crippen LogP contribution in [0.5, 0.6) is 5.75 Å². The fourth-order valence-electron chi connectivity index (χ4n) is 1.89. The number of nitrogens with zero attached hydrogens (tertiary/aromatic N) is 2. The molecular weight excluding hydrogens is 256 g/mol. The van der Waals surface area contributed by atoms with Gasteiger partial charge in [0.25, 0.3) is 0 Å². The van der Waals surface area contributed by atoms with E-state index in [-0.39, 0.29) is 0 Å².